The monoisotopic (exact) mass is 162 g/mol. The molecule has 1 aliphatic rings. The Balaban J connectivity index is 2.56. The summed E-state index contributed by atoms with van der Waals surface area (Å²) in [7, 11) is 0. The van der Waals surface area contributed by atoms with Crippen molar-refractivity contribution in [2.24, 2.45) is 0 Å². The molecule has 1 saturated heterocycles. The molecule has 0 aromatic heterocycles. The van der Waals surface area contributed by atoms with E-state index in [1.807, 2.05) is 0 Å². The van der Waals surface area contributed by atoms with Gasteiger partial charge in [0.05, 0.1) is 6.61 Å². The molecule has 2 heteroatoms. The van der Waals surface area contributed by atoms with E-state index in [2.05, 4.69) is 23.7 Å². The van der Waals surface area contributed by atoms with Gasteiger partial charge in [-0.15, -0.1) is 0 Å². The quantitative estimate of drug-likeness (QED) is 0.531. The highest BCUT2D eigenvalue weighted by atomic mass is 16.5. The summed E-state index contributed by atoms with van der Waals surface area (Å²) in [5.74, 6) is 11.1. The standard InChI is InChI=1S/C10H10O2/c1-2-3-4-5-6-10-9(11)7-8-12-10/h6,9,11H,7-8H2,1H3/b10-6+. The summed E-state index contributed by atoms with van der Waals surface area (Å²) in [6, 6.07) is 0. The summed E-state index contributed by atoms with van der Waals surface area (Å²) in [6.07, 6.45) is 1.75. The molecule has 12 heavy (non-hydrogen) atoms. The number of aliphatic hydroxyl groups is 1. The normalized spacial score (nSPS) is 23.5. The van der Waals surface area contributed by atoms with Crippen LogP contribution in [0.15, 0.2) is 11.8 Å². The zero-order valence-corrected chi connectivity index (χ0v) is 6.92. The van der Waals surface area contributed by atoms with Crippen LogP contribution in [-0.4, -0.2) is 17.8 Å². The summed E-state index contributed by atoms with van der Waals surface area (Å²) < 4.78 is 5.11. The minimum Gasteiger partial charge on any atom is -0.494 e. The first-order valence-corrected chi connectivity index (χ1v) is 3.78. The van der Waals surface area contributed by atoms with Crippen molar-refractivity contribution in [2.45, 2.75) is 19.4 Å². The van der Waals surface area contributed by atoms with Gasteiger partial charge in [-0.2, -0.15) is 0 Å². The van der Waals surface area contributed by atoms with Gasteiger partial charge in [-0.1, -0.05) is 11.8 Å². The average molecular weight is 162 g/mol. The van der Waals surface area contributed by atoms with E-state index >= 15 is 0 Å². The molecule has 0 aliphatic carbocycles. The van der Waals surface area contributed by atoms with E-state index in [9.17, 15) is 5.11 Å². The van der Waals surface area contributed by atoms with Gasteiger partial charge in [0.25, 0.3) is 0 Å². The molecule has 1 unspecified atom stereocenters. The van der Waals surface area contributed by atoms with E-state index in [0.717, 1.165) is 0 Å². The second kappa shape index (κ2) is 4.49. The lowest BCUT2D eigenvalue weighted by Gasteiger charge is -1.97. The van der Waals surface area contributed by atoms with Gasteiger partial charge >= 0.3 is 0 Å². The van der Waals surface area contributed by atoms with Crippen LogP contribution in [0.25, 0.3) is 0 Å². The Morgan fingerprint density at radius 1 is 1.58 bits per heavy atom. The van der Waals surface area contributed by atoms with Gasteiger partial charge < -0.3 is 9.84 Å². The molecule has 1 atom stereocenters. The molecule has 0 aromatic carbocycles. The summed E-state index contributed by atoms with van der Waals surface area (Å²) in [5, 5.41) is 9.25. The Kier molecular flexibility index (Phi) is 3.26. The van der Waals surface area contributed by atoms with Crippen LogP contribution in [0.3, 0.4) is 0 Å². The van der Waals surface area contributed by atoms with Crippen molar-refractivity contribution < 1.29 is 9.84 Å². The highest BCUT2D eigenvalue weighted by molar-refractivity contribution is 5.31. The van der Waals surface area contributed by atoms with Crippen molar-refractivity contribution >= 4 is 0 Å². The summed E-state index contributed by atoms with van der Waals surface area (Å²) in [5.41, 5.74) is 0. The first kappa shape index (κ1) is 8.71. The fourth-order valence-electron chi connectivity index (χ4n) is 0.871. The van der Waals surface area contributed by atoms with Gasteiger partial charge in [0, 0.05) is 12.5 Å². The molecule has 0 aromatic rings. The summed E-state index contributed by atoms with van der Waals surface area (Å²) in [4.78, 5) is 0. The molecular formula is C10H10O2. The highest BCUT2D eigenvalue weighted by Gasteiger charge is 2.18. The Bertz CT molecular complexity index is 293. The van der Waals surface area contributed by atoms with Gasteiger partial charge in [0.15, 0.2) is 0 Å². The minimum absolute atomic E-state index is 0.478. The van der Waals surface area contributed by atoms with Gasteiger partial charge in [-0.25, -0.2) is 0 Å². The van der Waals surface area contributed by atoms with Crippen LogP contribution in [0.4, 0.5) is 0 Å². The van der Waals surface area contributed by atoms with Gasteiger partial charge in [0.2, 0.25) is 0 Å². The topological polar surface area (TPSA) is 29.5 Å². The molecular weight excluding hydrogens is 152 g/mol. The first-order chi connectivity index (χ1) is 5.84. The van der Waals surface area contributed by atoms with Crippen molar-refractivity contribution in [3.8, 4) is 23.7 Å². The van der Waals surface area contributed by atoms with Gasteiger partial charge in [-0.3, -0.25) is 0 Å². The molecule has 0 amide bonds. The molecule has 0 spiro atoms. The zero-order chi connectivity index (χ0) is 8.81. The van der Waals surface area contributed by atoms with Crippen LogP contribution in [-0.2, 0) is 4.74 Å². The Labute approximate surface area is 72.2 Å². The van der Waals surface area contributed by atoms with Crippen LogP contribution in [0.1, 0.15) is 13.3 Å². The number of allylic oxidation sites excluding steroid dienone is 1. The minimum atomic E-state index is -0.478. The lowest BCUT2D eigenvalue weighted by molar-refractivity contribution is 0.192. The van der Waals surface area contributed by atoms with E-state index in [0.29, 0.717) is 18.8 Å². The third-order valence-corrected chi connectivity index (χ3v) is 1.46. The number of hydrogen-bond acceptors (Lipinski definition) is 2. The van der Waals surface area contributed by atoms with Crippen LogP contribution in [0, 0.1) is 23.7 Å². The van der Waals surface area contributed by atoms with Crippen LogP contribution < -0.4 is 0 Å². The third kappa shape index (κ3) is 2.34. The van der Waals surface area contributed by atoms with Crippen molar-refractivity contribution in [3.63, 3.8) is 0 Å². The SMILES string of the molecule is CC#CC#C/C=C1/OCCC1O. The molecule has 1 N–H and O–H groups in total. The number of ether oxygens (including phenoxy) is 1. The molecule has 2 nitrogen and oxygen atoms in total. The van der Waals surface area contributed by atoms with E-state index in [4.69, 9.17) is 4.74 Å². The maximum absolute atomic E-state index is 9.25. The van der Waals surface area contributed by atoms with Crippen LogP contribution in [0.5, 0.6) is 0 Å². The second-order valence-electron chi connectivity index (χ2n) is 2.34. The van der Waals surface area contributed by atoms with Gasteiger partial charge in [-0.05, 0) is 18.8 Å². The molecule has 0 saturated carbocycles. The second-order valence-corrected chi connectivity index (χ2v) is 2.34. The molecule has 62 valence electrons. The van der Waals surface area contributed by atoms with Crippen molar-refractivity contribution in [1.29, 1.82) is 0 Å². The van der Waals surface area contributed by atoms with E-state index < -0.39 is 6.10 Å². The zero-order valence-electron chi connectivity index (χ0n) is 6.92. The molecule has 1 rings (SSSR count). The fraction of sp³-hybridized carbons (Fsp3) is 0.400. The maximum atomic E-state index is 9.25. The van der Waals surface area contributed by atoms with Crippen molar-refractivity contribution in [3.05, 3.63) is 11.8 Å². The van der Waals surface area contributed by atoms with E-state index in [1.165, 1.54) is 0 Å². The summed E-state index contributed by atoms with van der Waals surface area (Å²) in [6.45, 7) is 2.30. The lowest BCUT2D eigenvalue weighted by Crippen LogP contribution is -2.01. The van der Waals surface area contributed by atoms with Crippen molar-refractivity contribution in [1.82, 2.24) is 0 Å². The van der Waals surface area contributed by atoms with Crippen molar-refractivity contribution in [2.75, 3.05) is 6.61 Å². The number of rotatable bonds is 0. The first-order valence-electron chi connectivity index (χ1n) is 3.78. The predicted octanol–water partition coefficient (Wildman–Crippen LogP) is 0.678. The average Bonchev–Trinajstić information content (AvgIpc) is 2.46. The largest absolute Gasteiger partial charge is 0.494 e. The highest BCUT2D eigenvalue weighted by Crippen LogP contribution is 2.15. The lowest BCUT2D eigenvalue weighted by atomic mass is 10.2. The number of aliphatic hydroxyl groups excluding tert-OH is 1. The van der Waals surface area contributed by atoms with E-state index in [-0.39, 0.29) is 0 Å². The smallest absolute Gasteiger partial charge is 0.133 e. The number of hydrogen-bond donors (Lipinski definition) is 1. The Morgan fingerprint density at radius 3 is 3.00 bits per heavy atom. The molecule has 1 aliphatic heterocycles. The molecule has 1 fully saturated rings. The predicted molar refractivity (Wildman–Crippen MR) is 45.9 cm³/mol. The Hall–Kier alpha value is -1.38. The van der Waals surface area contributed by atoms with E-state index in [1.54, 1.807) is 13.0 Å². The fourth-order valence-corrected chi connectivity index (χ4v) is 0.871. The Morgan fingerprint density at radius 2 is 2.42 bits per heavy atom. The molecule has 0 bridgehead atoms. The summed E-state index contributed by atoms with van der Waals surface area (Å²) >= 11 is 0. The third-order valence-electron chi connectivity index (χ3n) is 1.46. The van der Waals surface area contributed by atoms with Crippen LogP contribution >= 0.6 is 0 Å². The molecule has 1 heterocycles. The van der Waals surface area contributed by atoms with Crippen LogP contribution in [0.2, 0.25) is 0 Å². The molecule has 0 radical (unpaired) electrons. The maximum Gasteiger partial charge on any atom is 0.133 e. The van der Waals surface area contributed by atoms with Gasteiger partial charge in [0.1, 0.15) is 11.9 Å².